The van der Waals surface area contributed by atoms with E-state index in [1.54, 1.807) is 23.1 Å². The van der Waals surface area contributed by atoms with Crippen molar-refractivity contribution >= 4 is 34.8 Å². The summed E-state index contributed by atoms with van der Waals surface area (Å²) in [4.78, 5) is 27.3. The van der Waals surface area contributed by atoms with E-state index in [1.807, 2.05) is 27.7 Å². The summed E-state index contributed by atoms with van der Waals surface area (Å²) in [5.74, 6) is -0.172. The zero-order valence-corrected chi connectivity index (χ0v) is 17.6. The highest BCUT2D eigenvalue weighted by Gasteiger charge is 2.38. The normalized spacial score (nSPS) is 15.6. The standard InChI is InChI=1S/C22H24ClFN2O3/c1-13(2)11-26-18-8-6-15(10-19(18)29-12-22(3,4)21(26)28)25-20(27)16-7-5-14(24)9-17(16)23/h5-10,13H,11-12H2,1-4H3,(H,25,27). The Morgan fingerprint density at radius 1 is 1.28 bits per heavy atom. The monoisotopic (exact) mass is 418 g/mol. The van der Waals surface area contributed by atoms with E-state index < -0.39 is 17.1 Å². The lowest BCUT2D eigenvalue weighted by Gasteiger charge is -2.29. The van der Waals surface area contributed by atoms with Crippen LogP contribution in [-0.2, 0) is 4.79 Å². The first-order chi connectivity index (χ1) is 13.6. The van der Waals surface area contributed by atoms with Gasteiger partial charge in [-0.15, -0.1) is 0 Å². The predicted molar refractivity (Wildman–Crippen MR) is 112 cm³/mol. The Morgan fingerprint density at radius 2 is 2.00 bits per heavy atom. The number of carbonyl (C=O) groups excluding carboxylic acids is 2. The van der Waals surface area contributed by atoms with Crippen molar-refractivity contribution in [2.45, 2.75) is 27.7 Å². The van der Waals surface area contributed by atoms with Crippen LogP contribution < -0.4 is 15.0 Å². The maximum atomic E-state index is 13.2. The Hall–Kier alpha value is -2.60. The van der Waals surface area contributed by atoms with Gasteiger partial charge in [0.2, 0.25) is 5.91 Å². The molecular weight excluding hydrogens is 395 g/mol. The van der Waals surface area contributed by atoms with Crippen molar-refractivity contribution in [3.8, 4) is 5.75 Å². The number of nitrogens with zero attached hydrogens (tertiary/aromatic N) is 1. The van der Waals surface area contributed by atoms with E-state index in [0.717, 1.165) is 6.07 Å². The lowest BCUT2D eigenvalue weighted by Crippen LogP contribution is -2.43. The number of ether oxygens (including phenoxy) is 1. The number of carbonyl (C=O) groups is 2. The van der Waals surface area contributed by atoms with Gasteiger partial charge in [0.15, 0.2) is 0 Å². The molecule has 7 heteroatoms. The Balaban J connectivity index is 1.91. The Kier molecular flexibility index (Phi) is 5.85. The number of halogens is 2. The number of benzene rings is 2. The topological polar surface area (TPSA) is 58.6 Å². The number of hydrogen-bond acceptors (Lipinski definition) is 3. The van der Waals surface area contributed by atoms with Gasteiger partial charge >= 0.3 is 0 Å². The van der Waals surface area contributed by atoms with Crippen molar-refractivity contribution in [3.05, 3.63) is 52.8 Å². The van der Waals surface area contributed by atoms with Gasteiger partial charge in [-0.2, -0.15) is 0 Å². The molecule has 0 atom stereocenters. The molecule has 2 aromatic rings. The Bertz CT molecular complexity index is 959. The molecule has 1 N–H and O–H groups in total. The van der Waals surface area contributed by atoms with Crippen LogP contribution in [0.15, 0.2) is 36.4 Å². The summed E-state index contributed by atoms with van der Waals surface area (Å²) in [6.07, 6.45) is 0. The second-order valence-electron chi connectivity index (χ2n) is 8.24. The molecule has 2 amide bonds. The zero-order valence-electron chi connectivity index (χ0n) is 16.9. The molecule has 3 rings (SSSR count). The molecule has 0 fully saturated rings. The molecule has 1 aliphatic heterocycles. The van der Waals surface area contributed by atoms with Gasteiger partial charge in [-0.3, -0.25) is 9.59 Å². The molecule has 29 heavy (non-hydrogen) atoms. The van der Waals surface area contributed by atoms with Gasteiger partial charge in [0.05, 0.1) is 21.7 Å². The highest BCUT2D eigenvalue weighted by Crippen LogP contribution is 2.38. The number of amides is 2. The van der Waals surface area contributed by atoms with Gasteiger partial charge in [-0.25, -0.2) is 4.39 Å². The highest BCUT2D eigenvalue weighted by molar-refractivity contribution is 6.34. The van der Waals surface area contributed by atoms with Crippen molar-refractivity contribution in [1.29, 1.82) is 0 Å². The van der Waals surface area contributed by atoms with Crippen molar-refractivity contribution in [2.75, 3.05) is 23.4 Å². The summed E-state index contributed by atoms with van der Waals surface area (Å²) in [5.41, 5.74) is 0.665. The summed E-state index contributed by atoms with van der Waals surface area (Å²) < 4.78 is 19.1. The van der Waals surface area contributed by atoms with E-state index in [0.29, 0.717) is 23.7 Å². The fraction of sp³-hybridized carbons (Fsp3) is 0.364. The van der Waals surface area contributed by atoms with Gasteiger partial charge in [0.1, 0.15) is 18.2 Å². The van der Waals surface area contributed by atoms with E-state index in [2.05, 4.69) is 5.32 Å². The van der Waals surface area contributed by atoms with Crippen LogP contribution in [0.4, 0.5) is 15.8 Å². The average Bonchev–Trinajstić information content (AvgIpc) is 2.71. The molecule has 0 spiro atoms. The fourth-order valence-corrected chi connectivity index (χ4v) is 3.40. The highest BCUT2D eigenvalue weighted by atomic mass is 35.5. The first kappa shape index (κ1) is 21.1. The summed E-state index contributed by atoms with van der Waals surface area (Å²) in [6.45, 7) is 8.60. The molecule has 1 aliphatic rings. The smallest absolute Gasteiger partial charge is 0.257 e. The van der Waals surface area contributed by atoms with Gasteiger partial charge < -0.3 is 15.0 Å². The second kappa shape index (κ2) is 8.03. The summed E-state index contributed by atoms with van der Waals surface area (Å²) >= 11 is 5.97. The summed E-state index contributed by atoms with van der Waals surface area (Å²) in [7, 11) is 0. The molecule has 0 saturated carbocycles. The molecule has 5 nitrogen and oxygen atoms in total. The molecule has 0 bridgehead atoms. The van der Waals surface area contributed by atoms with E-state index in [1.165, 1.54) is 12.1 Å². The lowest BCUT2D eigenvalue weighted by atomic mass is 9.92. The minimum Gasteiger partial charge on any atom is -0.490 e. The number of fused-ring (bicyclic) bond motifs is 1. The number of nitrogens with one attached hydrogen (secondary N) is 1. The molecule has 0 aromatic heterocycles. The third-order valence-corrected chi connectivity index (χ3v) is 4.96. The summed E-state index contributed by atoms with van der Waals surface area (Å²) in [6, 6.07) is 8.76. The van der Waals surface area contributed by atoms with Crippen LogP contribution in [-0.4, -0.2) is 25.0 Å². The number of rotatable bonds is 4. The van der Waals surface area contributed by atoms with Crippen molar-refractivity contribution in [2.24, 2.45) is 11.3 Å². The van der Waals surface area contributed by atoms with Crippen LogP contribution in [0, 0.1) is 17.2 Å². The van der Waals surface area contributed by atoms with E-state index >= 15 is 0 Å². The van der Waals surface area contributed by atoms with E-state index in [9.17, 15) is 14.0 Å². The Morgan fingerprint density at radius 3 is 2.66 bits per heavy atom. The van der Waals surface area contributed by atoms with Crippen LogP contribution in [0.25, 0.3) is 0 Å². The SMILES string of the molecule is CC(C)CN1C(=O)C(C)(C)COc2cc(NC(=O)c3ccc(F)cc3Cl)ccc21. The van der Waals surface area contributed by atoms with Gasteiger partial charge in [-0.1, -0.05) is 25.4 Å². The van der Waals surface area contributed by atoms with Crippen LogP contribution in [0.3, 0.4) is 0 Å². The maximum absolute atomic E-state index is 13.2. The molecule has 1 heterocycles. The van der Waals surface area contributed by atoms with Gasteiger partial charge in [0, 0.05) is 18.3 Å². The third-order valence-electron chi connectivity index (χ3n) is 4.64. The molecule has 0 saturated heterocycles. The molecular formula is C22H24ClFN2O3. The molecule has 2 aromatic carbocycles. The van der Waals surface area contributed by atoms with Crippen molar-refractivity contribution in [1.82, 2.24) is 0 Å². The first-order valence-electron chi connectivity index (χ1n) is 9.44. The minimum atomic E-state index is -0.668. The van der Waals surface area contributed by atoms with Crippen LogP contribution in [0.5, 0.6) is 5.75 Å². The van der Waals surface area contributed by atoms with E-state index in [-0.39, 0.29) is 29.0 Å². The largest absolute Gasteiger partial charge is 0.490 e. The predicted octanol–water partition coefficient (Wildman–Crippen LogP) is 5.14. The van der Waals surface area contributed by atoms with Crippen LogP contribution in [0.1, 0.15) is 38.1 Å². The summed E-state index contributed by atoms with van der Waals surface area (Å²) in [5, 5.41) is 2.78. The third kappa shape index (κ3) is 4.53. The fourth-order valence-electron chi connectivity index (χ4n) is 3.14. The first-order valence-corrected chi connectivity index (χ1v) is 9.81. The van der Waals surface area contributed by atoms with Crippen LogP contribution >= 0.6 is 11.6 Å². The molecule has 0 aliphatic carbocycles. The van der Waals surface area contributed by atoms with Gasteiger partial charge in [0.25, 0.3) is 5.91 Å². The minimum absolute atomic E-state index is 0.000158. The molecule has 154 valence electrons. The van der Waals surface area contributed by atoms with Crippen molar-refractivity contribution in [3.63, 3.8) is 0 Å². The van der Waals surface area contributed by atoms with Gasteiger partial charge in [-0.05, 0) is 50.1 Å². The molecule has 0 radical (unpaired) electrons. The van der Waals surface area contributed by atoms with Crippen molar-refractivity contribution < 1.29 is 18.7 Å². The quantitative estimate of drug-likeness (QED) is 0.747. The van der Waals surface area contributed by atoms with Crippen LogP contribution in [0.2, 0.25) is 5.02 Å². The zero-order chi connectivity index (χ0) is 21.3. The molecule has 0 unspecified atom stereocenters. The maximum Gasteiger partial charge on any atom is 0.257 e. The van der Waals surface area contributed by atoms with E-state index in [4.69, 9.17) is 16.3 Å². The Labute approximate surface area is 174 Å². The number of anilines is 2. The number of hydrogen-bond donors (Lipinski definition) is 1. The second-order valence-corrected chi connectivity index (χ2v) is 8.65. The lowest BCUT2D eigenvalue weighted by molar-refractivity contribution is -0.127. The average molecular weight is 419 g/mol.